The Hall–Kier alpha value is -7.23. The van der Waals surface area contributed by atoms with Gasteiger partial charge < -0.3 is 15.1 Å². The summed E-state index contributed by atoms with van der Waals surface area (Å²) in [5, 5.41) is 64.6. The molecule has 0 saturated heterocycles. The van der Waals surface area contributed by atoms with Gasteiger partial charge in [0.15, 0.2) is 34.3 Å². The van der Waals surface area contributed by atoms with Crippen LogP contribution in [0.4, 0.5) is 28.7 Å². The number of H-pyrrole nitrogens is 2. The monoisotopic (exact) mass is 687 g/mol. The Labute approximate surface area is 287 Å². The molecular weight excluding hydrogens is 658 g/mol. The molecule has 0 aliphatic carbocycles. The second-order valence-electron chi connectivity index (χ2n) is 13.4. The van der Waals surface area contributed by atoms with Crippen LogP contribution in [0.5, 0.6) is 6.01 Å². The SMILES string of the molecule is [C-]#[N+]c1cnn(-c2nc(O)nc(-n3ncc(C#N)c3/N=N/c3c(C(C)(C)C)nn4nc(C)[nH]c34)n2)c1/N=N/c1c(C(C)(C)C)nn2nc(C)[nH]c12. The highest BCUT2D eigenvalue weighted by molar-refractivity contribution is 5.69. The van der Waals surface area contributed by atoms with Crippen LogP contribution in [-0.4, -0.2) is 79.2 Å². The number of nitriles is 1. The van der Waals surface area contributed by atoms with Gasteiger partial charge in [0.2, 0.25) is 0 Å². The Kier molecular flexibility index (Phi) is 7.25. The fourth-order valence-electron chi connectivity index (χ4n) is 5.08. The minimum atomic E-state index is -0.711. The highest BCUT2D eigenvalue weighted by Gasteiger charge is 2.28. The summed E-state index contributed by atoms with van der Waals surface area (Å²) in [5.41, 5.74) is 2.29. The number of fused-ring (bicyclic) bond motifs is 2. The Morgan fingerprint density at radius 2 is 1.24 bits per heavy atom. The molecule has 7 aromatic heterocycles. The maximum Gasteiger partial charge on any atom is 0.320 e. The van der Waals surface area contributed by atoms with Crippen molar-refractivity contribution in [1.82, 2.24) is 74.1 Å². The van der Waals surface area contributed by atoms with E-state index in [1.54, 1.807) is 13.8 Å². The van der Waals surface area contributed by atoms with Gasteiger partial charge in [-0.25, -0.2) is 4.85 Å². The molecule has 0 fully saturated rings. The van der Waals surface area contributed by atoms with Crippen molar-refractivity contribution in [3.63, 3.8) is 0 Å². The van der Waals surface area contributed by atoms with E-state index in [0.29, 0.717) is 45.7 Å². The van der Waals surface area contributed by atoms with Crippen molar-refractivity contribution in [3.8, 4) is 24.0 Å². The van der Waals surface area contributed by atoms with E-state index in [4.69, 9.17) is 6.57 Å². The first-order valence-electron chi connectivity index (χ1n) is 15.3. The number of nitrogens with one attached hydrogen (secondary N) is 2. The summed E-state index contributed by atoms with van der Waals surface area (Å²) in [7, 11) is 0. The highest BCUT2D eigenvalue weighted by Crippen LogP contribution is 2.38. The highest BCUT2D eigenvalue weighted by atomic mass is 16.3. The Balaban J connectivity index is 1.32. The Morgan fingerprint density at radius 3 is 1.73 bits per heavy atom. The van der Waals surface area contributed by atoms with E-state index >= 15 is 0 Å². The molecule has 0 aliphatic rings. The molecule has 3 N–H and O–H groups in total. The van der Waals surface area contributed by atoms with Crippen molar-refractivity contribution >= 4 is 40.0 Å². The van der Waals surface area contributed by atoms with Crippen molar-refractivity contribution in [2.45, 2.75) is 66.2 Å². The smallest absolute Gasteiger partial charge is 0.320 e. The van der Waals surface area contributed by atoms with Gasteiger partial charge in [-0.2, -0.15) is 50.0 Å². The van der Waals surface area contributed by atoms with Crippen molar-refractivity contribution < 1.29 is 5.11 Å². The zero-order chi connectivity index (χ0) is 36.4. The maximum atomic E-state index is 10.7. The quantitative estimate of drug-likeness (QED) is 0.152. The molecule has 22 nitrogen and oxygen atoms in total. The second-order valence-corrected chi connectivity index (χ2v) is 13.4. The molecule has 0 atom stereocenters. The van der Waals surface area contributed by atoms with Crippen LogP contribution in [0.2, 0.25) is 0 Å². The topological polar surface area (TPSA) is 264 Å². The summed E-state index contributed by atoms with van der Waals surface area (Å²) in [4.78, 5) is 22.3. The lowest BCUT2D eigenvalue weighted by Crippen LogP contribution is -2.12. The first kappa shape index (κ1) is 32.3. The summed E-state index contributed by atoms with van der Waals surface area (Å²) in [5.74, 6) is 0.704. The van der Waals surface area contributed by atoms with Gasteiger partial charge >= 0.3 is 6.01 Å². The molecule has 0 spiro atoms. The summed E-state index contributed by atoms with van der Waals surface area (Å²) < 4.78 is 5.11. The van der Waals surface area contributed by atoms with E-state index < -0.39 is 16.8 Å². The third-order valence-corrected chi connectivity index (χ3v) is 7.37. The third kappa shape index (κ3) is 5.59. The van der Waals surface area contributed by atoms with Crippen LogP contribution < -0.4 is 0 Å². The van der Waals surface area contributed by atoms with Gasteiger partial charge in [0.05, 0.1) is 30.4 Å². The summed E-state index contributed by atoms with van der Waals surface area (Å²) >= 11 is 0. The first-order valence-corrected chi connectivity index (χ1v) is 15.3. The molecule has 0 bridgehead atoms. The van der Waals surface area contributed by atoms with Gasteiger partial charge in [-0.3, -0.25) is 0 Å². The molecule has 0 unspecified atom stereocenters. The minimum Gasteiger partial charge on any atom is -0.479 e. The van der Waals surface area contributed by atoms with Crippen LogP contribution in [0.15, 0.2) is 32.9 Å². The third-order valence-electron chi connectivity index (χ3n) is 7.37. The van der Waals surface area contributed by atoms with Gasteiger partial charge in [-0.05, 0) is 13.8 Å². The predicted molar refractivity (Wildman–Crippen MR) is 177 cm³/mol. The first-order chi connectivity index (χ1) is 24.2. The van der Waals surface area contributed by atoms with Crippen LogP contribution >= 0.6 is 0 Å². The minimum absolute atomic E-state index is 0.0262. The standard InChI is InChI=1S/C29H29N21O/c1-13-34-23-17(19(28(3,4)5)45-49(23)43-13)39-41-21-15(10-30)11-32-47(21)25-36-26(38-27(51)37-25)48-22(16(31-9)12-33-48)42-40-18-20(29(6,7)8)46-50-24(18)35-14(2)44-50/h11-12H,1-8H3,(H,34,43)(H,35,44)(H,36,37,38,51)/b41-39+,42-40+. The van der Waals surface area contributed by atoms with Gasteiger partial charge in [-0.1, -0.05) is 41.5 Å². The van der Waals surface area contributed by atoms with Crippen LogP contribution in [0, 0.1) is 31.8 Å². The molecule has 256 valence electrons. The van der Waals surface area contributed by atoms with E-state index in [9.17, 15) is 10.4 Å². The molecular formula is C29H29N21O. The molecule has 0 amide bonds. The molecule has 7 heterocycles. The number of aromatic amines is 2. The summed E-state index contributed by atoms with van der Waals surface area (Å²) in [6, 6.07) is 1.33. The van der Waals surface area contributed by atoms with E-state index in [-0.39, 0.29) is 34.8 Å². The summed E-state index contributed by atoms with van der Waals surface area (Å²) in [6.45, 7) is 23.1. The molecule has 0 aliphatic heterocycles. The van der Waals surface area contributed by atoms with E-state index in [1.807, 2.05) is 47.6 Å². The van der Waals surface area contributed by atoms with Crippen LogP contribution in [-0.2, 0) is 10.8 Å². The normalized spacial score (nSPS) is 12.6. The Morgan fingerprint density at radius 1 is 0.745 bits per heavy atom. The number of rotatable bonds is 6. The van der Waals surface area contributed by atoms with Crippen LogP contribution in [0.1, 0.15) is 70.1 Å². The molecule has 0 radical (unpaired) electrons. The molecule has 51 heavy (non-hydrogen) atoms. The fraction of sp³-hybridized carbons (Fsp3) is 0.345. The number of hydrogen-bond donors (Lipinski definition) is 3. The van der Waals surface area contributed by atoms with E-state index in [2.05, 4.69) is 80.8 Å². The van der Waals surface area contributed by atoms with Gasteiger partial charge in [0.25, 0.3) is 17.6 Å². The van der Waals surface area contributed by atoms with Crippen LogP contribution in [0.3, 0.4) is 0 Å². The predicted octanol–water partition coefficient (Wildman–Crippen LogP) is 5.16. The molecule has 22 heteroatoms. The number of hydrogen-bond acceptors (Lipinski definition) is 15. The number of aromatic nitrogens is 15. The van der Waals surface area contributed by atoms with Crippen molar-refractivity contribution in [2.24, 2.45) is 20.5 Å². The lowest BCUT2D eigenvalue weighted by molar-refractivity contribution is 0.423. The largest absolute Gasteiger partial charge is 0.479 e. The number of nitrogens with zero attached hydrogens (tertiary/aromatic N) is 19. The average molecular weight is 688 g/mol. The van der Waals surface area contributed by atoms with Crippen molar-refractivity contribution in [2.75, 3.05) is 0 Å². The second kappa shape index (κ2) is 11.4. The zero-order valence-corrected chi connectivity index (χ0v) is 28.6. The zero-order valence-electron chi connectivity index (χ0n) is 28.6. The maximum absolute atomic E-state index is 10.7. The lowest BCUT2D eigenvalue weighted by atomic mass is 9.91. The van der Waals surface area contributed by atoms with Gasteiger partial charge in [0.1, 0.15) is 23.3 Å². The Bertz CT molecular complexity index is 2450. The van der Waals surface area contributed by atoms with E-state index in [1.165, 1.54) is 21.7 Å². The average Bonchev–Trinajstić information content (AvgIpc) is 3.88. The fourth-order valence-corrected chi connectivity index (χ4v) is 5.08. The number of aromatic hydroxyl groups is 1. The number of aryl methyl sites for hydroxylation is 2. The molecule has 7 rings (SSSR count). The summed E-state index contributed by atoms with van der Waals surface area (Å²) in [6.07, 6.45) is 2.52. The molecule has 7 aromatic rings. The molecule has 0 aromatic carbocycles. The van der Waals surface area contributed by atoms with E-state index in [0.717, 1.165) is 9.36 Å². The van der Waals surface area contributed by atoms with Gasteiger partial charge in [-0.15, -0.1) is 39.9 Å². The van der Waals surface area contributed by atoms with Crippen molar-refractivity contribution in [3.05, 3.63) is 52.4 Å². The van der Waals surface area contributed by atoms with Crippen molar-refractivity contribution in [1.29, 1.82) is 5.26 Å². The van der Waals surface area contributed by atoms with Gasteiger partial charge in [0, 0.05) is 10.8 Å². The van der Waals surface area contributed by atoms with Crippen LogP contribution in [0.25, 0.3) is 28.0 Å². The molecule has 0 saturated carbocycles. The lowest BCUT2D eigenvalue weighted by Gasteiger charge is -2.15. The number of azo groups is 2.